The van der Waals surface area contributed by atoms with Gasteiger partial charge in [0.05, 0.1) is 0 Å². The summed E-state index contributed by atoms with van der Waals surface area (Å²) in [5, 5.41) is 5.06. The largest absolute Gasteiger partial charge is 0.208 e. The monoisotopic (exact) mass is 693 g/mol. The van der Waals surface area contributed by atoms with Gasteiger partial charge >= 0.3 is 0 Å². The fraction of sp³-hybridized carbons (Fsp3) is 0. The van der Waals surface area contributed by atoms with Crippen molar-refractivity contribution in [3.05, 3.63) is 188 Å². The lowest BCUT2D eigenvalue weighted by Crippen LogP contribution is -2.01. The highest BCUT2D eigenvalue weighted by Gasteiger charge is 2.17. The standard InChI is InChI=1S/C49H31N3S/c1-2-12-32(13-3-1)40-17-6-7-19-44(40)49-51-47(36-28-24-34(25-29-36)39-20-10-15-33-14-4-5-16-38(33)39)50-48(52-49)37-30-26-35(27-31-37)41-21-11-22-43-42-18-8-9-23-45(42)53-46(41)43/h1-31H. The predicted octanol–water partition coefficient (Wildman–Crippen LogP) is 13.4. The Bertz CT molecular complexity index is 2920. The fourth-order valence-corrected chi connectivity index (χ4v) is 8.59. The number of nitrogens with zero attached hydrogens (tertiary/aromatic N) is 3. The highest BCUT2D eigenvalue weighted by Crippen LogP contribution is 2.40. The maximum absolute atomic E-state index is 5.15. The third kappa shape index (κ3) is 5.66. The van der Waals surface area contributed by atoms with Gasteiger partial charge in [-0.15, -0.1) is 11.3 Å². The lowest BCUT2D eigenvalue weighted by Gasteiger charge is -2.13. The maximum Gasteiger partial charge on any atom is 0.164 e. The number of rotatable bonds is 6. The van der Waals surface area contributed by atoms with Crippen LogP contribution >= 0.6 is 11.3 Å². The van der Waals surface area contributed by atoms with Gasteiger partial charge in [0, 0.05) is 36.9 Å². The van der Waals surface area contributed by atoms with E-state index in [2.05, 4.69) is 176 Å². The van der Waals surface area contributed by atoms with Crippen molar-refractivity contribution < 1.29 is 0 Å². The molecule has 0 unspecified atom stereocenters. The van der Waals surface area contributed by atoms with Crippen LogP contribution in [0.15, 0.2) is 188 Å². The first-order valence-corrected chi connectivity index (χ1v) is 18.6. The molecular formula is C49H31N3S. The van der Waals surface area contributed by atoms with Crippen molar-refractivity contribution >= 4 is 42.3 Å². The molecule has 0 spiro atoms. The molecule has 2 heterocycles. The second-order valence-electron chi connectivity index (χ2n) is 13.2. The summed E-state index contributed by atoms with van der Waals surface area (Å²) in [5.41, 5.74) is 9.78. The maximum atomic E-state index is 5.15. The van der Waals surface area contributed by atoms with Crippen molar-refractivity contribution in [1.29, 1.82) is 0 Å². The normalized spacial score (nSPS) is 11.4. The summed E-state index contributed by atoms with van der Waals surface area (Å²) in [6, 6.07) is 66.2. The highest BCUT2D eigenvalue weighted by atomic mass is 32.1. The first-order chi connectivity index (χ1) is 26.3. The topological polar surface area (TPSA) is 38.7 Å². The number of hydrogen-bond acceptors (Lipinski definition) is 4. The predicted molar refractivity (Wildman–Crippen MR) is 223 cm³/mol. The molecular weight excluding hydrogens is 663 g/mol. The fourth-order valence-electron chi connectivity index (χ4n) is 7.35. The van der Waals surface area contributed by atoms with E-state index in [1.165, 1.54) is 47.6 Å². The van der Waals surface area contributed by atoms with Crippen LogP contribution in [0.2, 0.25) is 0 Å². The summed E-state index contributed by atoms with van der Waals surface area (Å²) >= 11 is 1.85. The van der Waals surface area contributed by atoms with E-state index in [0.29, 0.717) is 17.5 Å². The zero-order valence-corrected chi connectivity index (χ0v) is 29.5. The van der Waals surface area contributed by atoms with Gasteiger partial charge in [0.2, 0.25) is 0 Å². The third-order valence-corrected chi connectivity index (χ3v) is 11.2. The minimum absolute atomic E-state index is 0.636. The smallest absolute Gasteiger partial charge is 0.164 e. The van der Waals surface area contributed by atoms with Gasteiger partial charge in [0.15, 0.2) is 17.5 Å². The minimum atomic E-state index is 0.636. The van der Waals surface area contributed by atoms with E-state index in [-0.39, 0.29) is 0 Å². The van der Waals surface area contributed by atoms with Gasteiger partial charge in [-0.2, -0.15) is 0 Å². The average Bonchev–Trinajstić information content (AvgIpc) is 3.63. The SMILES string of the molecule is c1ccc(-c2ccccc2-c2nc(-c3ccc(-c4cccc5ccccc45)cc3)nc(-c3ccc(-c4cccc5c4sc4ccccc45)cc3)n2)cc1. The van der Waals surface area contributed by atoms with Gasteiger partial charge in [0.1, 0.15) is 0 Å². The Hall–Kier alpha value is -6.75. The van der Waals surface area contributed by atoms with E-state index < -0.39 is 0 Å². The Morgan fingerprint density at radius 1 is 0.283 bits per heavy atom. The Balaban J connectivity index is 1.09. The molecule has 0 amide bonds. The second kappa shape index (κ2) is 13.1. The van der Waals surface area contributed by atoms with Crippen LogP contribution in [-0.2, 0) is 0 Å². The number of hydrogen-bond donors (Lipinski definition) is 0. The molecule has 8 aromatic carbocycles. The minimum Gasteiger partial charge on any atom is -0.208 e. The molecule has 3 nitrogen and oxygen atoms in total. The van der Waals surface area contributed by atoms with Crippen LogP contribution in [0.1, 0.15) is 0 Å². The molecule has 0 bridgehead atoms. The third-order valence-electron chi connectivity index (χ3n) is 9.99. The van der Waals surface area contributed by atoms with Crippen LogP contribution in [0.5, 0.6) is 0 Å². The van der Waals surface area contributed by atoms with Crippen LogP contribution in [0.3, 0.4) is 0 Å². The first kappa shape index (κ1) is 31.0. The molecule has 10 aromatic rings. The zero-order chi connectivity index (χ0) is 35.1. The Kier molecular flexibility index (Phi) is 7.67. The van der Waals surface area contributed by atoms with Gasteiger partial charge in [-0.3, -0.25) is 0 Å². The molecule has 0 radical (unpaired) electrons. The molecule has 53 heavy (non-hydrogen) atoms. The summed E-state index contributed by atoms with van der Waals surface area (Å²) in [6.45, 7) is 0. The second-order valence-corrected chi connectivity index (χ2v) is 14.2. The van der Waals surface area contributed by atoms with Crippen LogP contribution < -0.4 is 0 Å². The molecule has 4 heteroatoms. The van der Waals surface area contributed by atoms with E-state index in [9.17, 15) is 0 Å². The van der Waals surface area contributed by atoms with E-state index in [1.807, 2.05) is 23.5 Å². The molecule has 0 saturated heterocycles. The molecule has 10 rings (SSSR count). The summed E-state index contributed by atoms with van der Waals surface area (Å²) in [7, 11) is 0. The lowest BCUT2D eigenvalue weighted by molar-refractivity contribution is 1.07. The van der Waals surface area contributed by atoms with Crippen LogP contribution in [0.25, 0.3) is 98.5 Å². The molecule has 248 valence electrons. The zero-order valence-electron chi connectivity index (χ0n) is 28.6. The summed E-state index contributed by atoms with van der Waals surface area (Å²) in [4.78, 5) is 15.4. The molecule has 0 N–H and O–H groups in total. The summed E-state index contributed by atoms with van der Waals surface area (Å²) in [6.07, 6.45) is 0. The van der Waals surface area contributed by atoms with Gasteiger partial charge in [-0.1, -0.05) is 182 Å². The molecule has 0 aliphatic heterocycles. The van der Waals surface area contributed by atoms with Crippen LogP contribution in [0, 0.1) is 0 Å². The highest BCUT2D eigenvalue weighted by molar-refractivity contribution is 7.26. The van der Waals surface area contributed by atoms with Crippen molar-refractivity contribution in [3.8, 4) is 67.5 Å². The van der Waals surface area contributed by atoms with Crippen molar-refractivity contribution in [2.75, 3.05) is 0 Å². The molecule has 0 saturated carbocycles. The van der Waals surface area contributed by atoms with Crippen molar-refractivity contribution in [3.63, 3.8) is 0 Å². The summed E-state index contributed by atoms with van der Waals surface area (Å²) < 4.78 is 2.61. The molecule has 2 aromatic heterocycles. The number of thiophene rings is 1. The van der Waals surface area contributed by atoms with Gasteiger partial charge < -0.3 is 0 Å². The van der Waals surface area contributed by atoms with Crippen LogP contribution in [0.4, 0.5) is 0 Å². The van der Waals surface area contributed by atoms with E-state index in [0.717, 1.165) is 33.4 Å². The Morgan fingerprint density at radius 3 is 1.51 bits per heavy atom. The van der Waals surface area contributed by atoms with E-state index in [1.54, 1.807) is 0 Å². The van der Waals surface area contributed by atoms with Crippen molar-refractivity contribution in [2.24, 2.45) is 0 Å². The van der Waals surface area contributed by atoms with E-state index in [4.69, 9.17) is 15.0 Å². The first-order valence-electron chi connectivity index (χ1n) is 17.8. The van der Waals surface area contributed by atoms with Gasteiger partial charge in [-0.05, 0) is 50.2 Å². The van der Waals surface area contributed by atoms with Gasteiger partial charge in [0.25, 0.3) is 0 Å². The van der Waals surface area contributed by atoms with Crippen molar-refractivity contribution in [2.45, 2.75) is 0 Å². The van der Waals surface area contributed by atoms with Gasteiger partial charge in [-0.25, -0.2) is 15.0 Å². The quantitative estimate of drug-likeness (QED) is 0.174. The average molecular weight is 694 g/mol. The number of fused-ring (bicyclic) bond motifs is 4. The van der Waals surface area contributed by atoms with Crippen molar-refractivity contribution in [1.82, 2.24) is 15.0 Å². The Morgan fingerprint density at radius 2 is 0.755 bits per heavy atom. The molecule has 0 fully saturated rings. The summed E-state index contributed by atoms with van der Waals surface area (Å²) in [5.74, 6) is 1.91. The Labute approximate surface area is 311 Å². The lowest BCUT2D eigenvalue weighted by atomic mass is 9.97. The molecule has 0 aliphatic rings. The molecule has 0 aliphatic carbocycles. The number of benzene rings is 8. The van der Waals surface area contributed by atoms with Crippen LogP contribution in [-0.4, -0.2) is 15.0 Å². The number of aromatic nitrogens is 3. The van der Waals surface area contributed by atoms with E-state index >= 15 is 0 Å². The molecule has 0 atom stereocenters.